The van der Waals surface area contributed by atoms with E-state index in [9.17, 15) is 0 Å². The van der Waals surface area contributed by atoms with Gasteiger partial charge in [-0.15, -0.1) is 0 Å². The Balaban J connectivity index is 2.28. The first-order chi connectivity index (χ1) is 4.74. The Hall–Kier alpha value is -0.0400. The van der Waals surface area contributed by atoms with E-state index in [-0.39, 0.29) is 0 Å². The Kier molecular flexibility index (Phi) is 2.72. The first-order valence-electron chi connectivity index (χ1n) is 4.35. The van der Waals surface area contributed by atoms with E-state index in [1.807, 2.05) is 0 Å². The molecule has 0 aromatic rings. The van der Waals surface area contributed by atoms with E-state index in [1.165, 1.54) is 19.3 Å². The van der Waals surface area contributed by atoms with Gasteiger partial charge in [-0.3, -0.25) is 0 Å². The van der Waals surface area contributed by atoms with E-state index < -0.39 is 0 Å². The van der Waals surface area contributed by atoms with Crippen LogP contribution in [0.5, 0.6) is 0 Å². The Morgan fingerprint density at radius 2 is 2.10 bits per heavy atom. The van der Waals surface area contributed by atoms with E-state index in [4.69, 9.17) is 5.11 Å². The SMILES string of the molecule is CC(C)[C@@H]1CC[C@H](CO)C1. The molecule has 1 nitrogen and oxygen atoms in total. The molecule has 1 N–H and O–H groups in total. The summed E-state index contributed by atoms with van der Waals surface area (Å²) in [5.41, 5.74) is 0. The highest BCUT2D eigenvalue weighted by Gasteiger charge is 2.25. The molecule has 60 valence electrons. The van der Waals surface area contributed by atoms with E-state index >= 15 is 0 Å². The molecule has 10 heavy (non-hydrogen) atoms. The number of rotatable bonds is 2. The summed E-state index contributed by atoms with van der Waals surface area (Å²) in [6.07, 6.45) is 3.84. The quantitative estimate of drug-likeness (QED) is 0.625. The van der Waals surface area contributed by atoms with Gasteiger partial charge in [0.25, 0.3) is 0 Å². The summed E-state index contributed by atoms with van der Waals surface area (Å²) in [7, 11) is 0. The maximum atomic E-state index is 8.87. The summed E-state index contributed by atoms with van der Waals surface area (Å²) in [4.78, 5) is 0. The topological polar surface area (TPSA) is 20.2 Å². The molecule has 0 bridgehead atoms. The van der Waals surface area contributed by atoms with Crippen molar-refractivity contribution in [3.05, 3.63) is 0 Å². The van der Waals surface area contributed by atoms with E-state index in [2.05, 4.69) is 13.8 Å². The molecule has 0 saturated heterocycles. The first-order valence-corrected chi connectivity index (χ1v) is 4.35. The molecule has 1 aliphatic carbocycles. The summed E-state index contributed by atoms with van der Waals surface area (Å²) in [6, 6.07) is 0. The fourth-order valence-corrected chi connectivity index (χ4v) is 1.88. The van der Waals surface area contributed by atoms with Crippen molar-refractivity contribution in [1.29, 1.82) is 0 Å². The van der Waals surface area contributed by atoms with Crippen molar-refractivity contribution in [2.45, 2.75) is 33.1 Å². The maximum absolute atomic E-state index is 8.87. The van der Waals surface area contributed by atoms with Crippen LogP contribution in [0.25, 0.3) is 0 Å². The van der Waals surface area contributed by atoms with E-state index in [0.29, 0.717) is 12.5 Å². The van der Waals surface area contributed by atoms with Crippen LogP contribution < -0.4 is 0 Å². The number of hydrogen-bond donors (Lipinski definition) is 1. The minimum absolute atomic E-state index is 0.406. The van der Waals surface area contributed by atoms with Crippen LogP contribution in [0.1, 0.15) is 33.1 Å². The third kappa shape index (κ3) is 1.72. The Morgan fingerprint density at radius 1 is 1.40 bits per heavy atom. The summed E-state index contributed by atoms with van der Waals surface area (Å²) in [5, 5.41) is 8.87. The van der Waals surface area contributed by atoms with Crippen LogP contribution in [0, 0.1) is 17.8 Å². The summed E-state index contributed by atoms with van der Waals surface area (Å²) < 4.78 is 0. The molecule has 1 aliphatic rings. The lowest BCUT2D eigenvalue weighted by atomic mass is 9.93. The normalized spacial score (nSPS) is 33.6. The zero-order valence-corrected chi connectivity index (χ0v) is 7.01. The Bertz CT molecular complexity index is 98.9. The molecule has 0 aromatic carbocycles. The lowest BCUT2D eigenvalue weighted by molar-refractivity contribution is 0.222. The number of aliphatic hydroxyl groups excluding tert-OH is 1. The molecule has 0 aliphatic heterocycles. The van der Waals surface area contributed by atoms with Crippen molar-refractivity contribution in [3.63, 3.8) is 0 Å². The summed E-state index contributed by atoms with van der Waals surface area (Å²) >= 11 is 0. The molecule has 0 heterocycles. The van der Waals surface area contributed by atoms with Crippen molar-refractivity contribution in [3.8, 4) is 0 Å². The van der Waals surface area contributed by atoms with Crippen molar-refractivity contribution >= 4 is 0 Å². The van der Waals surface area contributed by atoms with Gasteiger partial charge in [0.15, 0.2) is 0 Å². The second kappa shape index (κ2) is 3.38. The molecule has 1 fully saturated rings. The summed E-state index contributed by atoms with van der Waals surface area (Å²) in [6.45, 7) is 4.97. The molecule has 0 spiro atoms. The van der Waals surface area contributed by atoms with E-state index in [1.54, 1.807) is 0 Å². The first kappa shape index (κ1) is 8.06. The van der Waals surface area contributed by atoms with Gasteiger partial charge < -0.3 is 5.11 Å². The highest BCUT2D eigenvalue weighted by Crippen LogP contribution is 2.34. The van der Waals surface area contributed by atoms with Gasteiger partial charge in [-0.25, -0.2) is 0 Å². The predicted molar refractivity (Wildman–Crippen MR) is 42.8 cm³/mol. The third-order valence-corrected chi connectivity index (χ3v) is 2.78. The summed E-state index contributed by atoms with van der Waals surface area (Å²) in [5.74, 6) is 2.32. The largest absolute Gasteiger partial charge is 0.396 e. The second-order valence-electron chi connectivity index (χ2n) is 3.87. The van der Waals surface area contributed by atoms with Crippen LogP contribution in [-0.4, -0.2) is 11.7 Å². The molecule has 1 rings (SSSR count). The lowest BCUT2D eigenvalue weighted by Crippen LogP contribution is -2.05. The molecular formula is C9H18O. The van der Waals surface area contributed by atoms with Crippen molar-refractivity contribution in [1.82, 2.24) is 0 Å². The van der Waals surface area contributed by atoms with Crippen molar-refractivity contribution in [2.75, 3.05) is 6.61 Å². The second-order valence-corrected chi connectivity index (χ2v) is 3.87. The molecule has 1 saturated carbocycles. The van der Waals surface area contributed by atoms with Gasteiger partial charge in [0.1, 0.15) is 0 Å². The molecular weight excluding hydrogens is 124 g/mol. The van der Waals surface area contributed by atoms with Crippen LogP contribution >= 0.6 is 0 Å². The minimum atomic E-state index is 0.406. The third-order valence-electron chi connectivity index (χ3n) is 2.78. The molecule has 1 heteroatoms. The van der Waals surface area contributed by atoms with Gasteiger partial charge in [-0.2, -0.15) is 0 Å². The fraction of sp³-hybridized carbons (Fsp3) is 1.00. The number of aliphatic hydroxyl groups is 1. The van der Waals surface area contributed by atoms with E-state index in [0.717, 1.165) is 11.8 Å². The van der Waals surface area contributed by atoms with Gasteiger partial charge in [-0.1, -0.05) is 13.8 Å². The zero-order chi connectivity index (χ0) is 7.56. The van der Waals surface area contributed by atoms with Gasteiger partial charge in [0.05, 0.1) is 0 Å². The lowest BCUT2D eigenvalue weighted by Gasteiger charge is -2.13. The standard InChI is InChI=1S/C9H18O/c1-7(2)9-4-3-8(5-9)6-10/h7-10H,3-6H2,1-2H3/t8-,9+/m0/s1. The van der Waals surface area contributed by atoms with Crippen LogP contribution in [0.3, 0.4) is 0 Å². The van der Waals surface area contributed by atoms with Gasteiger partial charge in [-0.05, 0) is 37.0 Å². The van der Waals surface area contributed by atoms with Crippen molar-refractivity contribution < 1.29 is 5.11 Å². The van der Waals surface area contributed by atoms with Crippen molar-refractivity contribution in [2.24, 2.45) is 17.8 Å². The van der Waals surface area contributed by atoms with Gasteiger partial charge >= 0.3 is 0 Å². The Labute approximate surface area is 63.4 Å². The smallest absolute Gasteiger partial charge is 0.0459 e. The van der Waals surface area contributed by atoms with Crippen LogP contribution in [-0.2, 0) is 0 Å². The molecule has 0 aromatic heterocycles. The molecule has 0 amide bonds. The van der Waals surface area contributed by atoms with Gasteiger partial charge in [0.2, 0.25) is 0 Å². The Morgan fingerprint density at radius 3 is 2.40 bits per heavy atom. The average Bonchev–Trinajstić information content (AvgIpc) is 2.34. The monoisotopic (exact) mass is 142 g/mol. The maximum Gasteiger partial charge on any atom is 0.0459 e. The average molecular weight is 142 g/mol. The predicted octanol–water partition coefficient (Wildman–Crippen LogP) is 2.05. The highest BCUT2D eigenvalue weighted by atomic mass is 16.3. The highest BCUT2D eigenvalue weighted by molar-refractivity contribution is 4.76. The van der Waals surface area contributed by atoms with Gasteiger partial charge in [0, 0.05) is 6.61 Å². The van der Waals surface area contributed by atoms with Crippen LogP contribution in [0.2, 0.25) is 0 Å². The molecule has 0 radical (unpaired) electrons. The minimum Gasteiger partial charge on any atom is -0.396 e. The fourth-order valence-electron chi connectivity index (χ4n) is 1.88. The number of hydrogen-bond acceptors (Lipinski definition) is 1. The molecule has 0 unspecified atom stereocenters. The van der Waals surface area contributed by atoms with Crippen LogP contribution in [0.4, 0.5) is 0 Å². The zero-order valence-electron chi connectivity index (χ0n) is 7.01. The molecule has 2 atom stereocenters. The van der Waals surface area contributed by atoms with Crippen LogP contribution in [0.15, 0.2) is 0 Å².